The third-order valence-electron chi connectivity index (χ3n) is 4.46. The first-order valence-corrected chi connectivity index (χ1v) is 19.3. The summed E-state index contributed by atoms with van der Waals surface area (Å²) in [6, 6.07) is 2.49. The molecule has 0 fully saturated rings. The predicted octanol–water partition coefficient (Wildman–Crippen LogP) is 7.78. The minimum absolute atomic E-state index is 0.426. The smallest absolute Gasteiger partial charge is 0.311 e. The molecule has 0 atom stereocenters. The van der Waals surface area contributed by atoms with Crippen LogP contribution < -0.4 is 0 Å². The highest BCUT2D eigenvalue weighted by Gasteiger charge is 2.39. The van der Waals surface area contributed by atoms with Crippen LogP contribution in [0.1, 0.15) is 67.2 Å². The Hall–Kier alpha value is 0.571. The molecule has 0 unspecified atom stereocenters. The normalized spacial score (nSPS) is 14.9. The van der Waals surface area contributed by atoms with E-state index >= 15 is 0 Å². The lowest BCUT2D eigenvalue weighted by Gasteiger charge is -2.39. The predicted molar refractivity (Wildman–Crippen MR) is 122 cm³/mol. The van der Waals surface area contributed by atoms with Gasteiger partial charge in [0, 0.05) is 0 Å². The molecule has 0 bridgehead atoms. The molecule has 0 aromatic carbocycles. The SMILES string of the molecule is CC(C)(C)CCC[Si](C)(C)O[Si](C)(C)O[Si](C)(C)CCCC(C)(C)C. The van der Waals surface area contributed by atoms with E-state index in [-0.39, 0.29) is 0 Å². The number of hydrogen-bond acceptors (Lipinski definition) is 2. The van der Waals surface area contributed by atoms with Crippen LogP contribution in [0.5, 0.6) is 0 Å². The van der Waals surface area contributed by atoms with Crippen LogP contribution in [-0.4, -0.2) is 25.2 Å². The van der Waals surface area contributed by atoms with Crippen molar-refractivity contribution in [3.05, 3.63) is 0 Å². The molecule has 0 saturated heterocycles. The molecule has 0 heterocycles. The third kappa shape index (κ3) is 15.3. The molecule has 0 radical (unpaired) electrons. The lowest BCUT2D eigenvalue weighted by Crippen LogP contribution is -2.52. The summed E-state index contributed by atoms with van der Waals surface area (Å²) in [5.74, 6) is 0. The average Bonchev–Trinajstić information content (AvgIpc) is 2.19. The molecule has 0 rings (SSSR count). The third-order valence-corrected chi connectivity index (χ3v) is 15.9. The van der Waals surface area contributed by atoms with E-state index in [1.807, 2.05) is 0 Å². The fraction of sp³-hybridized carbons (Fsp3) is 1.00. The van der Waals surface area contributed by atoms with E-state index in [0.29, 0.717) is 10.8 Å². The zero-order chi connectivity index (χ0) is 20.2. The zero-order valence-electron chi connectivity index (χ0n) is 19.6. The van der Waals surface area contributed by atoms with Gasteiger partial charge in [0.2, 0.25) is 0 Å². The fourth-order valence-corrected chi connectivity index (χ4v) is 17.6. The minimum Gasteiger partial charge on any atom is -0.437 e. The van der Waals surface area contributed by atoms with Crippen molar-refractivity contribution in [1.82, 2.24) is 0 Å². The van der Waals surface area contributed by atoms with Gasteiger partial charge in [0.05, 0.1) is 0 Å². The second-order valence-corrected chi connectivity index (χ2v) is 24.4. The van der Waals surface area contributed by atoms with Gasteiger partial charge in [0.1, 0.15) is 0 Å². The standard InChI is InChI=1S/C20H48O2Si3/c1-19(2,3)15-13-17-23(7,8)21-25(11,12)22-24(9,10)18-14-16-20(4,5)6/h13-18H2,1-12H3. The molecule has 0 aliphatic heterocycles. The summed E-state index contributed by atoms with van der Waals surface area (Å²) in [5.41, 5.74) is 0.853. The topological polar surface area (TPSA) is 18.5 Å². The van der Waals surface area contributed by atoms with E-state index in [4.69, 9.17) is 8.23 Å². The van der Waals surface area contributed by atoms with Gasteiger partial charge in [-0.05, 0) is 75.0 Å². The maximum Gasteiger partial charge on any atom is 0.311 e. The quantitative estimate of drug-likeness (QED) is 0.346. The van der Waals surface area contributed by atoms with Crippen molar-refractivity contribution in [3.8, 4) is 0 Å². The molecule has 152 valence electrons. The van der Waals surface area contributed by atoms with Crippen molar-refractivity contribution in [1.29, 1.82) is 0 Å². The molecule has 0 amide bonds. The first kappa shape index (κ1) is 25.6. The number of rotatable bonds is 10. The molecule has 5 heteroatoms. The van der Waals surface area contributed by atoms with Gasteiger partial charge < -0.3 is 8.23 Å². The van der Waals surface area contributed by atoms with Crippen molar-refractivity contribution < 1.29 is 8.23 Å². The second kappa shape index (κ2) is 9.18. The molecule has 0 aliphatic carbocycles. The van der Waals surface area contributed by atoms with Crippen LogP contribution in [0.3, 0.4) is 0 Å². The molecular weight excluding hydrogens is 356 g/mol. The Bertz CT molecular complexity index is 355. The Kier molecular flexibility index (Phi) is 9.39. The van der Waals surface area contributed by atoms with E-state index in [1.165, 1.54) is 37.8 Å². The van der Waals surface area contributed by atoms with Crippen molar-refractivity contribution in [3.63, 3.8) is 0 Å². The summed E-state index contributed by atoms with van der Waals surface area (Å²) >= 11 is 0. The van der Waals surface area contributed by atoms with Crippen LogP contribution in [0.25, 0.3) is 0 Å². The molecule has 0 aliphatic rings. The van der Waals surface area contributed by atoms with Gasteiger partial charge in [0.25, 0.3) is 0 Å². The first-order valence-electron chi connectivity index (χ1n) is 10.2. The summed E-state index contributed by atoms with van der Waals surface area (Å²) < 4.78 is 13.4. The largest absolute Gasteiger partial charge is 0.437 e. The van der Waals surface area contributed by atoms with Gasteiger partial charge in [-0.15, -0.1) is 0 Å². The van der Waals surface area contributed by atoms with Crippen molar-refractivity contribution in [2.75, 3.05) is 0 Å². The highest BCUT2D eigenvalue weighted by atomic mass is 28.5. The molecule has 0 saturated carbocycles. The fourth-order valence-electron chi connectivity index (χ4n) is 3.54. The average molecular weight is 405 g/mol. The van der Waals surface area contributed by atoms with E-state index < -0.39 is 25.2 Å². The summed E-state index contributed by atoms with van der Waals surface area (Å²) in [5, 5.41) is 0. The van der Waals surface area contributed by atoms with E-state index in [2.05, 4.69) is 80.8 Å². The van der Waals surface area contributed by atoms with Crippen molar-refractivity contribution in [2.24, 2.45) is 10.8 Å². The van der Waals surface area contributed by atoms with Crippen LogP contribution >= 0.6 is 0 Å². The van der Waals surface area contributed by atoms with Crippen molar-refractivity contribution >= 4 is 25.2 Å². The Balaban J connectivity index is 4.52. The van der Waals surface area contributed by atoms with Gasteiger partial charge in [-0.25, -0.2) is 0 Å². The molecule has 0 N–H and O–H groups in total. The molecule has 0 aromatic rings. The molecular formula is C20H48O2Si3. The van der Waals surface area contributed by atoms with Crippen LogP contribution in [0, 0.1) is 10.8 Å². The lowest BCUT2D eigenvalue weighted by molar-refractivity contribution is 0.356. The van der Waals surface area contributed by atoms with Gasteiger partial charge in [-0.1, -0.05) is 54.4 Å². The molecule has 0 spiro atoms. The van der Waals surface area contributed by atoms with Gasteiger partial charge >= 0.3 is 8.56 Å². The molecule has 2 nitrogen and oxygen atoms in total. The van der Waals surface area contributed by atoms with Gasteiger partial charge in [-0.2, -0.15) is 0 Å². The van der Waals surface area contributed by atoms with Crippen LogP contribution in [-0.2, 0) is 8.23 Å². The Labute approximate surface area is 163 Å². The minimum atomic E-state index is -2.04. The summed E-state index contributed by atoms with van der Waals surface area (Å²) in [7, 11) is -5.32. The summed E-state index contributed by atoms with van der Waals surface area (Å²) in [4.78, 5) is 0. The second-order valence-electron chi connectivity index (χ2n) is 12.0. The molecule has 25 heavy (non-hydrogen) atoms. The van der Waals surface area contributed by atoms with Crippen LogP contribution in [0.15, 0.2) is 0 Å². The first-order chi connectivity index (χ1) is 10.8. The lowest BCUT2D eigenvalue weighted by atomic mass is 9.91. The number of hydrogen-bond donors (Lipinski definition) is 0. The summed E-state index contributed by atoms with van der Waals surface area (Å²) in [6.07, 6.45) is 5.12. The van der Waals surface area contributed by atoms with E-state index in [0.717, 1.165) is 0 Å². The maximum absolute atomic E-state index is 6.71. The molecule has 0 aromatic heterocycles. The highest BCUT2D eigenvalue weighted by molar-refractivity contribution is 6.87. The van der Waals surface area contributed by atoms with E-state index in [1.54, 1.807) is 0 Å². The Morgan fingerprint density at radius 3 is 1.08 bits per heavy atom. The maximum atomic E-state index is 6.71. The van der Waals surface area contributed by atoms with Crippen LogP contribution in [0.2, 0.25) is 51.4 Å². The summed E-state index contributed by atoms with van der Waals surface area (Å²) in [6.45, 7) is 28.0. The van der Waals surface area contributed by atoms with Gasteiger partial charge in [0.15, 0.2) is 16.6 Å². The Morgan fingerprint density at radius 2 is 0.840 bits per heavy atom. The zero-order valence-corrected chi connectivity index (χ0v) is 22.6. The van der Waals surface area contributed by atoms with E-state index in [9.17, 15) is 0 Å². The Morgan fingerprint density at radius 1 is 0.560 bits per heavy atom. The van der Waals surface area contributed by atoms with Crippen molar-refractivity contribution in [2.45, 2.75) is 119 Å². The van der Waals surface area contributed by atoms with Gasteiger partial charge in [-0.3, -0.25) is 0 Å². The van der Waals surface area contributed by atoms with Crippen LogP contribution in [0.4, 0.5) is 0 Å². The monoisotopic (exact) mass is 404 g/mol. The highest BCUT2D eigenvalue weighted by Crippen LogP contribution is 2.30.